The lowest BCUT2D eigenvalue weighted by Gasteiger charge is -2.46. The summed E-state index contributed by atoms with van der Waals surface area (Å²) in [4.78, 5) is 15.1. The molecule has 34 heavy (non-hydrogen) atoms. The van der Waals surface area contributed by atoms with Crippen molar-refractivity contribution in [2.75, 3.05) is 26.4 Å². The van der Waals surface area contributed by atoms with Crippen LogP contribution in [0.5, 0.6) is 0 Å². The zero-order chi connectivity index (χ0) is 24.7. The quantitative estimate of drug-likeness (QED) is 0.180. The molecule has 2 fully saturated rings. The van der Waals surface area contributed by atoms with Gasteiger partial charge in [0.1, 0.15) is 12.7 Å². The Morgan fingerprint density at radius 2 is 1.88 bits per heavy atom. The maximum atomic E-state index is 12.4. The van der Waals surface area contributed by atoms with Crippen LogP contribution in [-0.2, 0) is 23.7 Å². The number of azide groups is 1. The number of carbonyl (C=O) groups excluding carboxylic acids is 1. The molecule has 11 nitrogen and oxygen atoms in total. The maximum absolute atomic E-state index is 12.4. The topological polar surface area (TPSA) is 152 Å². The Hall–Kier alpha value is -2.24. The molecule has 2 aliphatic rings. The first-order valence-electron chi connectivity index (χ1n) is 11.5. The molecule has 9 atom stereocenters. The standard InChI is InChI=1S/C23H33N3O8/c1-13-11-32-23(19(28)18(13)27)34-20-14(2)17(12-31-21(29)16-7-5-4-6-8-16)33-22(15(20)3)30-10-9-25-26-24/h4-8,13-15,17-20,22-23,27-28H,9-12H2,1-3H3/t13-,14-,15?,17?,18+,19?,20+,22-,23-/m1/s1. The minimum Gasteiger partial charge on any atom is -0.459 e. The van der Waals surface area contributed by atoms with Gasteiger partial charge in [0.2, 0.25) is 0 Å². The molecule has 2 heterocycles. The Bertz CT molecular complexity index is 837. The van der Waals surface area contributed by atoms with Crippen LogP contribution in [0.3, 0.4) is 0 Å². The van der Waals surface area contributed by atoms with Crippen molar-refractivity contribution in [3.8, 4) is 0 Å². The molecular weight excluding hydrogens is 446 g/mol. The summed E-state index contributed by atoms with van der Waals surface area (Å²) >= 11 is 0. The summed E-state index contributed by atoms with van der Waals surface area (Å²) in [5.41, 5.74) is 8.91. The van der Waals surface area contributed by atoms with Crippen molar-refractivity contribution in [2.24, 2.45) is 22.9 Å². The van der Waals surface area contributed by atoms with Crippen LogP contribution in [0.25, 0.3) is 10.4 Å². The van der Waals surface area contributed by atoms with E-state index in [1.54, 1.807) is 31.2 Å². The third-order valence-electron chi connectivity index (χ3n) is 6.31. The molecule has 0 radical (unpaired) electrons. The zero-order valence-electron chi connectivity index (χ0n) is 19.6. The number of hydrogen-bond acceptors (Lipinski definition) is 9. The van der Waals surface area contributed by atoms with Crippen LogP contribution in [0.2, 0.25) is 0 Å². The molecule has 3 unspecified atom stereocenters. The molecule has 0 spiro atoms. The fourth-order valence-corrected chi connectivity index (χ4v) is 4.18. The Balaban J connectivity index is 1.70. The zero-order valence-corrected chi connectivity index (χ0v) is 19.6. The third-order valence-corrected chi connectivity index (χ3v) is 6.31. The summed E-state index contributed by atoms with van der Waals surface area (Å²) in [7, 11) is 0. The molecular formula is C23H33N3O8. The van der Waals surface area contributed by atoms with E-state index in [-0.39, 0.29) is 44.1 Å². The van der Waals surface area contributed by atoms with Crippen LogP contribution in [0, 0.1) is 17.8 Å². The van der Waals surface area contributed by atoms with Crippen LogP contribution < -0.4 is 0 Å². The molecule has 2 saturated heterocycles. The van der Waals surface area contributed by atoms with Gasteiger partial charge < -0.3 is 33.9 Å². The predicted octanol–water partition coefficient (Wildman–Crippen LogP) is 2.27. The van der Waals surface area contributed by atoms with Gasteiger partial charge in [-0.25, -0.2) is 4.79 Å². The average Bonchev–Trinajstić information content (AvgIpc) is 2.85. The van der Waals surface area contributed by atoms with Crippen molar-refractivity contribution in [1.29, 1.82) is 0 Å². The lowest BCUT2D eigenvalue weighted by Crippen LogP contribution is -2.57. The summed E-state index contributed by atoms with van der Waals surface area (Å²) in [5.74, 6) is -1.25. The highest BCUT2D eigenvalue weighted by Crippen LogP contribution is 2.35. The first-order chi connectivity index (χ1) is 16.3. The number of esters is 1. The second-order valence-corrected chi connectivity index (χ2v) is 8.81. The van der Waals surface area contributed by atoms with E-state index in [0.717, 1.165) is 0 Å². The van der Waals surface area contributed by atoms with Gasteiger partial charge in [0, 0.05) is 29.2 Å². The van der Waals surface area contributed by atoms with Crippen molar-refractivity contribution in [3.63, 3.8) is 0 Å². The summed E-state index contributed by atoms with van der Waals surface area (Å²) in [6, 6.07) is 8.64. The van der Waals surface area contributed by atoms with Crippen molar-refractivity contribution in [3.05, 3.63) is 46.3 Å². The minimum absolute atomic E-state index is 0.0363. The number of aliphatic hydroxyl groups is 2. The van der Waals surface area contributed by atoms with Crippen molar-refractivity contribution in [1.82, 2.24) is 0 Å². The normalized spacial score (nSPS) is 35.9. The highest BCUT2D eigenvalue weighted by molar-refractivity contribution is 5.89. The number of carbonyl (C=O) groups is 1. The molecule has 2 aliphatic heterocycles. The van der Waals surface area contributed by atoms with E-state index in [0.29, 0.717) is 5.56 Å². The molecule has 0 saturated carbocycles. The third kappa shape index (κ3) is 6.45. The van der Waals surface area contributed by atoms with Crippen LogP contribution in [0.4, 0.5) is 0 Å². The Labute approximate surface area is 198 Å². The number of hydrogen-bond donors (Lipinski definition) is 2. The molecule has 3 rings (SSSR count). The van der Waals surface area contributed by atoms with E-state index in [4.69, 9.17) is 29.2 Å². The average molecular weight is 480 g/mol. The second kappa shape index (κ2) is 12.5. The first kappa shape index (κ1) is 26.4. The number of benzene rings is 1. The smallest absolute Gasteiger partial charge is 0.338 e. The molecule has 0 aromatic heterocycles. The lowest BCUT2D eigenvalue weighted by molar-refractivity contribution is -0.325. The summed E-state index contributed by atoms with van der Waals surface area (Å²) in [5, 5.41) is 24.2. The highest BCUT2D eigenvalue weighted by atomic mass is 16.7. The minimum atomic E-state index is -1.20. The van der Waals surface area contributed by atoms with Gasteiger partial charge in [0.25, 0.3) is 0 Å². The van der Waals surface area contributed by atoms with Gasteiger partial charge in [-0.2, -0.15) is 0 Å². The van der Waals surface area contributed by atoms with Crippen LogP contribution >= 0.6 is 0 Å². The fourth-order valence-electron chi connectivity index (χ4n) is 4.18. The van der Waals surface area contributed by atoms with Gasteiger partial charge >= 0.3 is 5.97 Å². The van der Waals surface area contributed by atoms with E-state index in [1.807, 2.05) is 19.9 Å². The highest BCUT2D eigenvalue weighted by Gasteiger charge is 2.47. The molecule has 11 heteroatoms. The van der Waals surface area contributed by atoms with Gasteiger partial charge in [-0.15, -0.1) is 0 Å². The Morgan fingerprint density at radius 3 is 2.59 bits per heavy atom. The van der Waals surface area contributed by atoms with Gasteiger partial charge in [0.15, 0.2) is 12.6 Å². The summed E-state index contributed by atoms with van der Waals surface area (Å²) in [6.45, 7) is 6.04. The van der Waals surface area contributed by atoms with Gasteiger partial charge in [0.05, 0.1) is 37.1 Å². The number of rotatable bonds is 9. The van der Waals surface area contributed by atoms with Crippen molar-refractivity contribution >= 4 is 5.97 Å². The summed E-state index contributed by atoms with van der Waals surface area (Å²) in [6.07, 6.45) is -5.00. The molecule has 2 N–H and O–H groups in total. The molecule has 1 aromatic carbocycles. The maximum Gasteiger partial charge on any atom is 0.338 e. The van der Waals surface area contributed by atoms with E-state index in [1.165, 1.54) is 0 Å². The van der Waals surface area contributed by atoms with E-state index < -0.39 is 43.0 Å². The van der Waals surface area contributed by atoms with E-state index in [2.05, 4.69) is 10.0 Å². The number of aliphatic hydroxyl groups excluding tert-OH is 2. The lowest BCUT2D eigenvalue weighted by atomic mass is 9.85. The molecule has 0 aliphatic carbocycles. The monoisotopic (exact) mass is 479 g/mol. The van der Waals surface area contributed by atoms with Crippen LogP contribution in [-0.4, -0.2) is 79.5 Å². The fraction of sp³-hybridized carbons (Fsp3) is 0.696. The van der Waals surface area contributed by atoms with Crippen LogP contribution in [0.1, 0.15) is 31.1 Å². The molecule has 0 amide bonds. The van der Waals surface area contributed by atoms with Crippen molar-refractivity contribution in [2.45, 2.75) is 57.8 Å². The SMILES string of the molecule is CC1[C@H](OCCN=[N+]=[N-])OC(COC(=O)c2ccccc2)[C@@H](C)[C@@H]1O[C@H]1OC[C@@H](C)[C@H](O)C1O. The van der Waals surface area contributed by atoms with E-state index >= 15 is 0 Å². The Morgan fingerprint density at radius 1 is 1.15 bits per heavy atom. The Kier molecular flexibility index (Phi) is 9.66. The predicted molar refractivity (Wildman–Crippen MR) is 119 cm³/mol. The number of nitrogens with zero attached hydrogens (tertiary/aromatic N) is 3. The molecule has 1 aromatic rings. The van der Waals surface area contributed by atoms with Crippen molar-refractivity contribution < 1.29 is 38.7 Å². The first-order valence-corrected chi connectivity index (χ1v) is 11.5. The summed E-state index contributed by atoms with van der Waals surface area (Å²) < 4.78 is 29.2. The van der Waals surface area contributed by atoms with Gasteiger partial charge in [-0.1, -0.05) is 44.1 Å². The number of ether oxygens (including phenoxy) is 5. The molecule has 188 valence electrons. The van der Waals surface area contributed by atoms with Gasteiger partial charge in [-0.05, 0) is 17.7 Å². The molecule has 0 bridgehead atoms. The van der Waals surface area contributed by atoms with Gasteiger partial charge in [-0.3, -0.25) is 0 Å². The largest absolute Gasteiger partial charge is 0.459 e. The second-order valence-electron chi connectivity index (χ2n) is 8.81. The van der Waals surface area contributed by atoms with Crippen LogP contribution in [0.15, 0.2) is 35.4 Å². The van der Waals surface area contributed by atoms with E-state index in [9.17, 15) is 15.0 Å².